The summed E-state index contributed by atoms with van der Waals surface area (Å²) in [6.07, 6.45) is 2.35. The summed E-state index contributed by atoms with van der Waals surface area (Å²) >= 11 is 7.55. The maximum atomic E-state index is 13.7. The van der Waals surface area contributed by atoms with Crippen LogP contribution in [0.3, 0.4) is 0 Å². The maximum Gasteiger partial charge on any atom is 0.338 e. The van der Waals surface area contributed by atoms with Crippen molar-refractivity contribution >= 4 is 35.0 Å². The number of fused-ring (bicyclic) bond motifs is 1. The lowest BCUT2D eigenvalue weighted by Crippen LogP contribution is -2.40. The molecule has 0 amide bonds. The van der Waals surface area contributed by atoms with Crippen molar-refractivity contribution in [2.24, 2.45) is 4.99 Å². The van der Waals surface area contributed by atoms with E-state index in [-0.39, 0.29) is 5.56 Å². The van der Waals surface area contributed by atoms with Gasteiger partial charge in [-0.1, -0.05) is 90.5 Å². The zero-order valence-corrected chi connectivity index (χ0v) is 22.5. The molecule has 0 bridgehead atoms. The summed E-state index contributed by atoms with van der Waals surface area (Å²) in [5.41, 5.74) is 3.30. The van der Waals surface area contributed by atoms with E-state index in [1.54, 1.807) is 4.57 Å². The molecule has 0 radical (unpaired) electrons. The van der Waals surface area contributed by atoms with E-state index < -0.39 is 12.0 Å². The van der Waals surface area contributed by atoms with E-state index in [2.05, 4.69) is 0 Å². The van der Waals surface area contributed by atoms with Gasteiger partial charge >= 0.3 is 5.97 Å². The number of esters is 1. The lowest BCUT2D eigenvalue weighted by atomic mass is 9.95. The van der Waals surface area contributed by atoms with Crippen LogP contribution in [-0.2, 0) is 16.1 Å². The molecule has 0 aliphatic carbocycles. The van der Waals surface area contributed by atoms with Crippen LogP contribution < -0.4 is 19.6 Å². The lowest BCUT2D eigenvalue weighted by Gasteiger charge is -2.25. The van der Waals surface area contributed by atoms with Gasteiger partial charge in [-0.25, -0.2) is 9.79 Å². The number of halogens is 1. The normalized spacial score (nSPS) is 15.1. The predicted octanol–water partition coefficient (Wildman–Crippen LogP) is 5.03. The van der Waals surface area contributed by atoms with Crippen LogP contribution >= 0.6 is 22.9 Å². The van der Waals surface area contributed by atoms with Crippen molar-refractivity contribution in [1.82, 2.24) is 4.57 Å². The van der Waals surface area contributed by atoms with Gasteiger partial charge in [-0.2, -0.15) is 0 Å². The smallest absolute Gasteiger partial charge is 0.338 e. The standard InChI is InChI=1S/C30H25ClN2O4S/c1-3-24-26(29(35)36-2)27(20-11-5-4-6-12-20)33-28(34)25(38-30(33)32-24)17-19-10-9-14-22(16-19)37-18-21-13-7-8-15-23(21)31/h4-17,27H,3,18H2,1-2H3/b25-17+/t27-/m0/s1. The molecule has 2 heterocycles. The van der Waals surface area contributed by atoms with Gasteiger partial charge in [0.2, 0.25) is 0 Å². The number of carbonyl (C=O) groups excluding carboxylic acids is 1. The number of methoxy groups -OCH3 is 1. The third-order valence-electron chi connectivity index (χ3n) is 6.27. The van der Waals surface area contributed by atoms with Gasteiger partial charge in [-0.15, -0.1) is 0 Å². The summed E-state index contributed by atoms with van der Waals surface area (Å²) in [5, 5.41) is 0.649. The minimum absolute atomic E-state index is 0.221. The molecule has 38 heavy (non-hydrogen) atoms. The molecule has 4 aromatic rings. The van der Waals surface area contributed by atoms with E-state index in [1.165, 1.54) is 18.4 Å². The first kappa shape index (κ1) is 25.7. The number of hydrogen-bond donors (Lipinski definition) is 0. The van der Waals surface area contributed by atoms with Crippen LogP contribution in [-0.4, -0.2) is 17.6 Å². The number of thiazole rings is 1. The Balaban J connectivity index is 1.56. The minimum Gasteiger partial charge on any atom is -0.489 e. The zero-order chi connectivity index (χ0) is 26.6. The third kappa shape index (κ3) is 5.08. The van der Waals surface area contributed by atoms with Crippen LogP contribution in [0, 0.1) is 0 Å². The largest absolute Gasteiger partial charge is 0.489 e. The highest BCUT2D eigenvalue weighted by atomic mass is 35.5. The van der Waals surface area contributed by atoms with E-state index in [1.807, 2.05) is 91.9 Å². The number of carbonyl (C=O) groups is 1. The SMILES string of the molecule is CCC1=C(C(=O)OC)[C@H](c2ccccc2)n2c(s/c(=C/c3cccc(OCc4ccccc4Cl)c3)c2=O)=N1. The average Bonchev–Trinajstić information content (AvgIpc) is 3.26. The quantitative estimate of drug-likeness (QED) is 0.306. The average molecular weight is 545 g/mol. The summed E-state index contributed by atoms with van der Waals surface area (Å²) in [6.45, 7) is 2.27. The third-order valence-corrected chi connectivity index (χ3v) is 7.63. The van der Waals surface area contributed by atoms with Crippen molar-refractivity contribution in [2.45, 2.75) is 26.0 Å². The Kier molecular flexibility index (Phi) is 7.58. The number of rotatable bonds is 7. The highest BCUT2D eigenvalue weighted by Gasteiger charge is 2.33. The Labute approximate surface area is 228 Å². The molecule has 0 saturated carbocycles. The molecular weight excluding hydrogens is 520 g/mol. The number of benzene rings is 3. The highest BCUT2D eigenvalue weighted by Crippen LogP contribution is 2.31. The Hall–Kier alpha value is -3.94. The van der Waals surface area contributed by atoms with Gasteiger partial charge in [0.1, 0.15) is 12.4 Å². The van der Waals surface area contributed by atoms with E-state index in [0.717, 1.165) is 16.7 Å². The predicted molar refractivity (Wildman–Crippen MR) is 149 cm³/mol. The van der Waals surface area contributed by atoms with E-state index in [9.17, 15) is 9.59 Å². The van der Waals surface area contributed by atoms with Crippen LogP contribution in [0.25, 0.3) is 6.08 Å². The fourth-order valence-electron chi connectivity index (χ4n) is 4.44. The fraction of sp³-hybridized carbons (Fsp3) is 0.167. The molecule has 0 unspecified atom stereocenters. The minimum atomic E-state index is -0.623. The number of aromatic nitrogens is 1. The molecule has 5 rings (SSSR count). The van der Waals surface area contributed by atoms with Crippen molar-refractivity contribution in [3.8, 4) is 5.75 Å². The molecule has 0 N–H and O–H groups in total. The van der Waals surface area contributed by atoms with Crippen molar-refractivity contribution in [2.75, 3.05) is 7.11 Å². The van der Waals surface area contributed by atoms with Crippen molar-refractivity contribution in [3.63, 3.8) is 0 Å². The molecule has 192 valence electrons. The van der Waals surface area contributed by atoms with Crippen molar-refractivity contribution < 1.29 is 14.3 Å². The topological polar surface area (TPSA) is 69.9 Å². The maximum absolute atomic E-state index is 13.7. The van der Waals surface area contributed by atoms with Gasteiger partial charge in [0.15, 0.2) is 4.80 Å². The van der Waals surface area contributed by atoms with Gasteiger partial charge in [0.05, 0.1) is 29.0 Å². The fourth-order valence-corrected chi connectivity index (χ4v) is 5.65. The zero-order valence-electron chi connectivity index (χ0n) is 20.9. The van der Waals surface area contributed by atoms with Gasteiger partial charge in [-0.05, 0) is 41.8 Å². The second-order valence-corrected chi connectivity index (χ2v) is 10.1. The monoisotopic (exact) mass is 544 g/mol. The number of hydrogen-bond acceptors (Lipinski definition) is 6. The number of ether oxygens (including phenoxy) is 2. The molecule has 6 nitrogen and oxygen atoms in total. The number of nitrogens with zero attached hydrogens (tertiary/aromatic N) is 2. The Morgan fingerprint density at radius 3 is 2.58 bits per heavy atom. The first-order chi connectivity index (χ1) is 18.5. The number of allylic oxidation sites excluding steroid dienone is 1. The molecule has 1 atom stereocenters. The van der Waals surface area contributed by atoms with Crippen LogP contribution in [0.2, 0.25) is 5.02 Å². The van der Waals surface area contributed by atoms with Crippen molar-refractivity contribution in [3.05, 3.63) is 132 Å². The molecular formula is C30H25ClN2O4S. The van der Waals surface area contributed by atoms with Gasteiger partial charge in [0.25, 0.3) is 5.56 Å². The Morgan fingerprint density at radius 1 is 1.08 bits per heavy atom. The molecule has 1 aliphatic rings. The lowest BCUT2D eigenvalue weighted by molar-refractivity contribution is -0.136. The molecule has 1 aliphatic heterocycles. The second kappa shape index (κ2) is 11.2. The summed E-state index contributed by atoms with van der Waals surface area (Å²) < 4.78 is 13.2. The molecule has 0 saturated heterocycles. The molecule has 1 aromatic heterocycles. The van der Waals surface area contributed by atoms with Gasteiger partial charge in [-0.3, -0.25) is 9.36 Å². The Bertz CT molecular complexity index is 1710. The summed E-state index contributed by atoms with van der Waals surface area (Å²) in [4.78, 5) is 31.9. The van der Waals surface area contributed by atoms with Gasteiger partial charge < -0.3 is 9.47 Å². The molecule has 0 spiro atoms. The Morgan fingerprint density at radius 2 is 1.84 bits per heavy atom. The van der Waals surface area contributed by atoms with E-state index in [0.29, 0.717) is 44.4 Å². The summed E-state index contributed by atoms with van der Waals surface area (Å²) in [5.74, 6) is 0.173. The second-order valence-electron chi connectivity index (χ2n) is 8.65. The van der Waals surface area contributed by atoms with Crippen molar-refractivity contribution in [1.29, 1.82) is 0 Å². The van der Waals surface area contributed by atoms with E-state index >= 15 is 0 Å². The first-order valence-corrected chi connectivity index (χ1v) is 13.3. The van der Waals surface area contributed by atoms with Crippen LogP contribution in [0.15, 0.2) is 99.9 Å². The summed E-state index contributed by atoms with van der Waals surface area (Å²) in [6, 6.07) is 23.9. The first-order valence-electron chi connectivity index (χ1n) is 12.1. The highest BCUT2D eigenvalue weighted by molar-refractivity contribution is 7.07. The van der Waals surface area contributed by atoms with Gasteiger partial charge in [0, 0.05) is 10.6 Å². The molecule has 3 aromatic carbocycles. The molecule has 0 fully saturated rings. The van der Waals surface area contributed by atoms with Crippen LogP contribution in [0.1, 0.15) is 36.1 Å². The van der Waals surface area contributed by atoms with Crippen LogP contribution in [0.4, 0.5) is 0 Å². The summed E-state index contributed by atoms with van der Waals surface area (Å²) in [7, 11) is 1.34. The van der Waals surface area contributed by atoms with Crippen LogP contribution in [0.5, 0.6) is 5.75 Å². The molecule has 8 heteroatoms. The van der Waals surface area contributed by atoms with E-state index in [4.69, 9.17) is 26.1 Å².